The summed E-state index contributed by atoms with van der Waals surface area (Å²) in [6, 6.07) is 0. The number of hydrogen-bond donors (Lipinski definition) is 2. The second-order valence-corrected chi connectivity index (χ2v) is 2.65. The Kier molecular flexibility index (Phi) is 4.49. The van der Waals surface area contributed by atoms with Crippen LogP contribution in [0.5, 0.6) is 0 Å². The Morgan fingerprint density at radius 1 is 1.50 bits per heavy atom. The van der Waals surface area contributed by atoms with Gasteiger partial charge in [0.1, 0.15) is 19.0 Å². The second kappa shape index (κ2) is 5.45. The monoisotopic (exact) mass is 178 g/mol. The van der Waals surface area contributed by atoms with Crippen LogP contribution >= 0.6 is 0 Å². The number of rotatable bonds is 7. The lowest BCUT2D eigenvalue weighted by Crippen LogP contribution is -2.20. The Labute approximate surface area is 70.9 Å². The minimum atomic E-state index is -0.814. The summed E-state index contributed by atoms with van der Waals surface area (Å²) in [6.07, 6.45) is -0.581. The molecule has 1 fully saturated rings. The zero-order valence-electron chi connectivity index (χ0n) is 6.81. The molecular weight excluding hydrogens is 164 g/mol. The Morgan fingerprint density at radius 3 is 2.83 bits per heavy atom. The smallest absolute Gasteiger partial charge is 0.146 e. The SMILES string of the molecule is OCC(O)COCOCC1CO1. The molecule has 1 rings (SSSR count). The van der Waals surface area contributed by atoms with Crippen molar-refractivity contribution in [3.05, 3.63) is 0 Å². The van der Waals surface area contributed by atoms with Crippen molar-refractivity contribution >= 4 is 0 Å². The highest BCUT2D eigenvalue weighted by Gasteiger charge is 2.22. The molecule has 0 radical (unpaired) electrons. The standard InChI is InChI=1S/C7H14O5/c8-1-6(9)2-10-5-11-3-7-4-12-7/h6-9H,1-5H2. The predicted octanol–water partition coefficient (Wildman–Crippen LogP) is -1.27. The zero-order valence-corrected chi connectivity index (χ0v) is 6.81. The summed E-state index contributed by atoms with van der Waals surface area (Å²) in [7, 11) is 0. The van der Waals surface area contributed by atoms with Gasteiger partial charge in [0.2, 0.25) is 0 Å². The molecule has 0 aliphatic carbocycles. The topological polar surface area (TPSA) is 71.5 Å². The minimum absolute atomic E-state index is 0.0992. The summed E-state index contributed by atoms with van der Waals surface area (Å²) < 4.78 is 14.8. The normalized spacial score (nSPS) is 24.0. The lowest BCUT2D eigenvalue weighted by Gasteiger charge is -2.07. The van der Waals surface area contributed by atoms with Crippen molar-refractivity contribution in [2.75, 3.05) is 33.2 Å². The van der Waals surface area contributed by atoms with Gasteiger partial charge >= 0.3 is 0 Å². The number of ether oxygens (including phenoxy) is 3. The first-order valence-electron chi connectivity index (χ1n) is 3.89. The third kappa shape index (κ3) is 4.63. The van der Waals surface area contributed by atoms with Gasteiger partial charge in [-0.1, -0.05) is 0 Å². The van der Waals surface area contributed by atoms with Crippen molar-refractivity contribution in [2.24, 2.45) is 0 Å². The predicted molar refractivity (Wildman–Crippen MR) is 39.6 cm³/mol. The summed E-state index contributed by atoms with van der Waals surface area (Å²) in [5.74, 6) is 0. The molecule has 0 amide bonds. The van der Waals surface area contributed by atoms with E-state index in [0.717, 1.165) is 6.61 Å². The van der Waals surface area contributed by atoms with Crippen molar-refractivity contribution in [1.82, 2.24) is 0 Å². The van der Waals surface area contributed by atoms with Crippen LogP contribution in [0.25, 0.3) is 0 Å². The van der Waals surface area contributed by atoms with E-state index in [-0.39, 0.29) is 26.1 Å². The maximum atomic E-state index is 8.82. The number of epoxide rings is 1. The number of aliphatic hydroxyl groups excluding tert-OH is 2. The molecule has 0 saturated carbocycles. The van der Waals surface area contributed by atoms with Gasteiger partial charge in [-0.2, -0.15) is 0 Å². The van der Waals surface area contributed by atoms with Gasteiger partial charge in [0.05, 0.1) is 26.4 Å². The van der Waals surface area contributed by atoms with E-state index in [9.17, 15) is 0 Å². The van der Waals surface area contributed by atoms with E-state index in [4.69, 9.17) is 24.4 Å². The van der Waals surface area contributed by atoms with E-state index in [1.807, 2.05) is 0 Å². The summed E-state index contributed by atoms with van der Waals surface area (Å²) in [5.41, 5.74) is 0. The Morgan fingerprint density at radius 2 is 2.25 bits per heavy atom. The van der Waals surface area contributed by atoms with Crippen LogP contribution < -0.4 is 0 Å². The molecule has 2 atom stereocenters. The van der Waals surface area contributed by atoms with Crippen molar-refractivity contribution < 1.29 is 24.4 Å². The fourth-order valence-electron chi connectivity index (χ4n) is 0.640. The van der Waals surface area contributed by atoms with Crippen LogP contribution in [-0.2, 0) is 14.2 Å². The second-order valence-electron chi connectivity index (χ2n) is 2.65. The van der Waals surface area contributed by atoms with Gasteiger partial charge in [-0.25, -0.2) is 0 Å². The molecule has 72 valence electrons. The third-order valence-electron chi connectivity index (χ3n) is 1.39. The van der Waals surface area contributed by atoms with Gasteiger partial charge in [0, 0.05) is 0 Å². The van der Waals surface area contributed by atoms with Crippen LogP contribution in [0.15, 0.2) is 0 Å². The van der Waals surface area contributed by atoms with Crippen molar-refractivity contribution in [2.45, 2.75) is 12.2 Å². The highest BCUT2D eigenvalue weighted by Crippen LogP contribution is 2.08. The molecule has 2 N–H and O–H groups in total. The van der Waals surface area contributed by atoms with Crippen LogP contribution in [0.4, 0.5) is 0 Å². The van der Waals surface area contributed by atoms with E-state index in [0.29, 0.717) is 6.61 Å². The highest BCUT2D eigenvalue weighted by atomic mass is 16.7. The lowest BCUT2D eigenvalue weighted by molar-refractivity contribution is -0.0881. The lowest BCUT2D eigenvalue weighted by atomic mass is 10.4. The average Bonchev–Trinajstić information content (AvgIpc) is 2.87. The highest BCUT2D eigenvalue weighted by molar-refractivity contribution is 4.66. The molecule has 1 saturated heterocycles. The molecule has 1 aliphatic heterocycles. The Bertz CT molecular complexity index is 114. The Balaban J connectivity index is 1.75. The van der Waals surface area contributed by atoms with Crippen molar-refractivity contribution in [3.63, 3.8) is 0 Å². The molecule has 0 aromatic heterocycles. The molecule has 0 bridgehead atoms. The third-order valence-corrected chi connectivity index (χ3v) is 1.39. The molecule has 5 heteroatoms. The van der Waals surface area contributed by atoms with Gasteiger partial charge in [-0.3, -0.25) is 0 Å². The van der Waals surface area contributed by atoms with Gasteiger partial charge in [0.25, 0.3) is 0 Å². The van der Waals surface area contributed by atoms with Crippen LogP contribution in [-0.4, -0.2) is 55.6 Å². The molecule has 1 heterocycles. The quantitative estimate of drug-likeness (QED) is 0.289. The average molecular weight is 178 g/mol. The molecular formula is C7H14O5. The first-order valence-corrected chi connectivity index (χ1v) is 3.89. The molecule has 0 spiro atoms. The summed E-state index contributed by atoms with van der Waals surface area (Å²) in [5, 5.41) is 17.2. The zero-order chi connectivity index (χ0) is 8.81. The largest absolute Gasteiger partial charge is 0.394 e. The van der Waals surface area contributed by atoms with Gasteiger partial charge in [0.15, 0.2) is 0 Å². The fraction of sp³-hybridized carbons (Fsp3) is 1.00. The van der Waals surface area contributed by atoms with E-state index < -0.39 is 6.10 Å². The maximum Gasteiger partial charge on any atom is 0.146 e. The molecule has 5 nitrogen and oxygen atoms in total. The molecule has 12 heavy (non-hydrogen) atoms. The van der Waals surface area contributed by atoms with Crippen LogP contribution in [0.2, 0.25) is 0 Å². The van der Waals surface area contributed by atoms with Gasteiger partial charge < -0.3 is 24.4 Å². The van der Waals surface area contributed by atoms with Gasteiger partial charge in [-0.05, 0) is 0 Å². The minimum Gasteiger partial charge on any atom is -0.394 e. The first-order chi connectivity index (χ1) is 5.83. The molecule has 0 aromatic rings. The Hall–Kier alpha value is -0.200. The molecule has 1 aliphatic rings. The van der Waals surface area contributed by atoms with E-state index in [2.05, 4.69) is 0 Å². The molecule has 2 unspecified atom stereocenters. The maximum absolute atomic E-state index is 8.82. The van der Waals surface area contributed by atoms with E-state index in [1.54, 1.807) is 0 Å². The van der Waals surface area contributed by atoms with Crippen molar-refractivity contribution in [3.8, 4) is 0 Å². The summed E-state index contributed by atoms with van der Waals surface area (Å²) >= 11 is 0. The van der Waals surface area contributed by atoms with E-state index in [1.165, 1.54) is 0 Å². The van der Waals surface area contributed by atoms with Gasteiger partial charge in [-0.15, -0.1) is 0 Å². The first kappa shape index (κ1) is 9.88. The van der Waals surface area contributed by atoms with Crippen molar-refractivity contribution in [1.29, 1.82) is 0 Å². The summed E-state index contributed by atoms with van der Waals surface area (Å²) in [6.45, 7) is 1.25. The van der Waals surface area contributed by atoms with Crippen LogP contribution in [0.1, 0.15) is 0 Å². The fourth-order valence-corrected chi connectivity index (χ4v) is 0.640. The summed E-state index contributed by atoms with van der Waals surface area (Å²) in [4.78, 5) is 0. The van der Waals surface area contributed by atoms with Crippen LogP contribution in [0.3, 0.4) is 0 Å². The number of aliphatic hydroxyl groups is 2. The van der Waals surface area contributed by atoms with E-state index >= 15 is 0 Å². The number of hydrogen-bond acceptors (Lipinski definition) is 5. The molecule has 0 aromatic carbocycles. The van der Waals surface area contributed by atoms with Crippen LogP contribution in [0, 0.1) is 0 Å².